The number of carbonyl (C=O) groups is 1. The summed E-state index contributed by atoms with van der Waals surface area (Å²) in [5.41, 5.74) is 0. The van der Waals surface area contributed by atoms with Crippen LogP contribution in [0.1, 0.15) is 52.4 Å². The number of alkyl carbamates (subject to hydrolysis) is 1. The van der Waals surface area contributed by atoms with Crippen molar-refractivity contribution in [2.75, 3.05) is 26.4 Å². The second-order valence-electron chi connectivity index (χ2n) is 11.3. The summed E-state index contributed by atoms with van der Waals surface area (Å²) in [5.74, 6) is -0.727. The standard InChI is InChI=1S/C34H45BrNO4P/c1-28-24-26-39-34(2,38-3)32(28)40-33(37)36-25-16-5-4-6-17-27-41(35,29-18-10-7-11-19-29,30-20-12-8-13-21-30)31-22-14-9-15-23-31/h7-15,18-23,28,32H,4-6,16-17,24-27H2,1-3H3,(H,36,37). The Balaban J connectivity index is 1.32. The third-order valence-corrected chi connectivity index (χ3v) is 18.6. The van der Waals surface area contributed by atoms with Gasteiger partial charge < -0.3 is 9.47 Å². The zero-order chi connectivity index (χ0) is 29.2. The van der Waals surface area contributed by atoms with E-state index in [1.165, 1.54) is 15.9 Å². The number of unbranched alkanes of at least 4 members (excludes halogenated alkanes) is 4. The van der Waals surface area contributed by atoms with Crippen LogP contribution >= 0.6 is 20.8 Å². The molecule has 0 spiro atoms. The summed E-state index contributed by atoms with van der Waals surface area (Å²) in [6, 6.07) is 32.9. The molecular weight excluding hydrogens is 597 g/mol. The molecule has 1 heterocycles. The van der Waals surface area contributed by atoms with E-state index in [9.17, 15) is 4.79 Å². The van der Waals surface area contributed by atoms with Crippen LogP contribution in [0, 0.1) is 5.92 Å². The van der Waals surface area contributed by atoms with Gasteiger partial charge in [-0.25, -0.2) is 0 Å². The predicted molar refractivity (Wildman–Crippen MR) is 175 cm³/mol. The summed E-state index contributed by atoms with van der Waals surface area (Å²) in [5, 5.41) is 4.16. The number of amides is 1. The fraction of sp³-hybridized carbons (Fsp3) is 0.441. The number of halogens is 1. The SMILES string of the molecule is COC1(C)OCCC(C)C1OC(=O)NCCCCCCCP(Br)(c1ccccc1)(c1ccccc1)c1ccccc1. The van der Waals surface area contributed by atoms with Crippen LogP contribution in [-0.2, 0) is 14.2 Å². The van der Waals surface area contributed by atoms with Crippen molar-refractivity contribution < 1.29 is 19.0 Å². The van der Waals surface area contributed by atoms with Gasteiger partial charge >= 0.3 is 211 Å². The third kappa shape index (κ3) is 7.05. The van der Waals surface area contributed by atoms with E-state index in [1.807, 2.05) is 6.92 Å². The summed E-state index contributed by atoms with van der Waals surface area (Å²) in [6.07, 6.45) is 6.38. The number of carbonyl (C=O) groups excluding carboxylic acids is 1. The Morgan fingerprint density at radius 1 is 0.878 bits per heavy atom. The van der Waals surface area contributed by atoms with Gasteiger partial charge in [-0.1, -0.05) is 6.92 Å². The monoisotopic (exact) mass is 641 g/mol. The third-order valence-electron chi connectivity index (χ3n) is 8.54. The first-order chi connectivity index (χ1) is 19.8. The van der Waals surface area contributed by atoms with Crippen molar-refractivity contribution in [3.63, 3.8) is 0 Å². The van der Waals surface area contributed by atoms with Crippen molar-refractivity contribution in [2.24, 2.45) is 5.92 Å². The van der Waals surface area contributed by atoms with Gasteiger partial charge in [0.25, 0.3) is 0 Å². The fourth-order valence-corrected chi connectivity index (χ4v) is 13.8. The molecule has 0 aliphatic carbocycles. The van der Waals surface area contributed by atoms with Crippen LogP contribution in [0.15, 0.2) is 91.0 Å². The molecule has 7 heteroatoms. The number of hydrogen-bond donors (Lipinski definition) is 1. The number of rotatable bonds is 13. The molecule has 3 atom stereocenters. The Labute approximate surface area is 254 Å². The van der Waals surface area contributed by atoms with E-state index in [0.717, 1.165) is 44.7 Å². The second kappa shape index (κ2) is 14.3. The van der Waals surface area contributed by atoms with Gasteiger partial charge in [0.15, 0.2) is 0 Å². The van der Waals surface area contributed by atoms with Gasteiger partial charge in [-0.2, -0.15) is 0 Å². The number of benzene rings is 3. The Bertz CT molecular complexity index is 1130. The molecule has 3 aromatic rings. The first kappa shape index (κ1) is 31.7. The van der Waals surface area contributed by atoms with Crippen molar-refractivity contribution in [2.45, 2.75) is 64.3 Å². The average Bonchev–Trinajstić information content (AvgIpc) is 3.01. The van der Waals surface area contributed by atoms with Crippen LogP contribution < -0.4 is 21.2 Å². The van der Waals surface area contributed by atoms with Crippen molar-refractivity contribution in [3.05, 3.63) is 91.0 Å². The molecule has 1 amide bonds. The van der Waals surface area contributed by atoms with Gasteiger partial charge in [0.05, 0.1) is 6.61 Å². The quantitative estimate of drug-likeness (QED) is 0.157. The van der Waals surface area contributed by atoms with Gasteiger partial charge in [0, 0.05) is 7.11 Å². The Morgan fingerprint density at radius 3 is 1.88 bits per heavy atom. The van der Waals surface area contributed by atoms with Crippen LogP contribution in [0.5, 0.6) is 0 Å². The zero-order valence-electron chi connectivity index (χ0n) is 24.6. The molecule has 0 bridgehead atoms. The Kier molecular flexibility index (Phi) is 11.0. The van der Waals surface area contributed by atoms with Crippen LogP contribution in [0.4, 0.5) is 4.79 Å². The van der Waals surface area contributed by atoms with Crippen molar-refractivity contribution in [1.29, 1.82) is 0 Å². The molecule has 1 aliphatic rings. The summed E-state index contributed by atoms with van der Waals surface area (Å²) in [4.78, 5) is 12.5. The molecule has 3 unspecified atom stereocenters. The second-order valence-corrected chi connectivity index (χ2v) is 20.3. The molecular formula is C34H45BrNO4P. The maximum absolute atomic E-state index is 12.5. The number of methoxy groups -OCH3 is 1. The predicted octanol–water partition coefficient (Wildman–Crippen LogP) is 7.29. The van der Waals surface area contributed by atoms with Crippen LogP contribution in [-0.4, -0.2) is 44.4 Å². The molecule has 1 saturated heterocycles. The topological polar surface area (TPSA) is 56.8 Å². The van der Waals surface area contributed by atoms with Gasteiger partial charge in [-0.3, -0.25) is 0 Å². The Morgan fingerprint density at radius 2 is 1.37 bits per heavy atom. The molecule has 1 aliphatic heterocycles. The van der Waals surface area contributed by atoms with Crippen LogP contribution in [0.2, 0.25) is 0 Å². The number of hydrogen-bond acceptors (Lipinski definition) is 4. The minimum atomic E-state index is -2.85. The van der Waals surface area contributed by atoms with E-state index >= 15 is 0 Å². The van der Waals surface area contributed by atoms with Gasteiger partial charge in [-0.15, -0.1) is 0 Å². The van der Waals surface area contributed by atoms with E-state index in [-0.39, 0.29) is 5.92 Å². The van der Waals surface area contributed by atoms with Gasteiger partial charge in [0.2, 0.25) is 0 Å². The molecule has 1 N–H and O–H groups in total. The first-order valence-electron chi connectivity index (χ1n) is 14.8. The molecule has 1 fully saturated rings. The van der Waals surface area contributed by atoms with Crippen molar-refractivity contribution in [1.82, 2.24) is 5.32 Å². The molecule has 4 rings (SSSR count). The van der Waals surface area contributed by atoms with E-state index in [2.05, 4.69) is 119 Å². The van der Waals surface area contributed by atoms with Gasteiger partial charge in [0.1, 0.15) is 0 Å². The van der Waals surface area contributed by atoms with E-state index < -0.39 is 23.3 Å². The van der Waals surface area contributed by atoms with Crippen molar-refractivity contribution in [3.8, 4) is 0 Å². The van der Waals surface area contributed by atoms with E-state index in [4.69, 9.17) is 14.2 Å². The summed E-state index contributed by atoms with van der Waals surface area (Å²) in [6.45, 7) is 5.11. The molecule has 41 heavy (non-hydrogen) atoms. The number of ether oxygens (including phenoxy) is 3. The zero-order valence-corrected chi connectivity index (χ0v) is 27.1. The number of nitrogens with one attached hydrogen (secondary N) is 1. The minimum absolute atomic E-state index is 0.176. The summed E-state index contributed by atoms with van der Waals surface area (Å²) >= 11 is 4.54. The molecule has 222 valence electrons. The normalized spacial score (nSPS) is 21.9. The fourth-order valence-electron chi connectivity index (χ4n) is 6.06. The van der Waals surface area contributed by atoms with Crippen LogP contribution in [0.25, 0.3) is 0 Å². The molecule has 5 nitrogen and oxygen atoms in total. The van der Waals surface area contributed by atoms with Crippen LogP contribution in [0.3, 0.4) is 0 Å². The molecule has 0 saturated carbocycles. The van der Waals surface area contributed by atoms with Gasteiger partial charge in [-0.05, 0) is 13.3 Å². The summed E-state index contributed by atoms with van der Waals surface area (Å²) < 4.78 is 17.0. The Hall–Kier alpha value is -2.24. The van der Waals surface area contributed by atoms with E-state index in [1.54, 1.807) is 7.11 Å². The molecule has 0 radical (unpaired) electrons. The van der Waals surface area contributed by atoms with Crippen molar-refractivity contribution >= 4 is 42.8 Å². The maximum atomic E-state index is 12.5. The van der Waals surface area contributed by atoms with E-state index in [0.29, 0.717) is 13.2 Å². The molecule has 0 aromatic heterocycles. The molecule has 3 aromatic carbocycles. The first-order valence-corrected chi connectivity index (χ1v) is 19.3. The average molecular weight is 643 g/mol. The summed E-state index contributed by atoms with van der Waals surface area (Å²) in [7, 11) is 1.59.